The summed E-state index contributed by atoms with van der Waals surface area (Å²) in [7, 11) is -3.75. The number of carboxylic acid groups (broad SMARTS) is 1. The molecular formula is C14H33N2O7P. The maximum atomic E-state index is 11.1. The molecule has 0 rings (SSSR count). The molecule has 0 spiro atoms. The molecule has 0 bridgehead atoms. The summed E-state index contributed by atoms with van der Waals surface area (Å²) in [6.45, 7) is 7.74. The third-order valence-electron chi connectivity index (χ3n) is 2.17. The maximum absolute atomic E-state index is 11.1. The number of phosphoric ester groups is 1. The van der Waals surface area contributed by atoms with Gasteiger partial charge in [-0.25, -0.2) is 10.4 Å². The average molecular weight is 372 g/mol. The fourth-order valence-corrected chi connectivity index (χ4v) is 1.69. The lowest BCUT2D eigenvalue weighted by Gasteiger charge is -2.10. The molecule has 0 atom stereocenters. The first-order chi connectivity index (χ1) is 11.2. The molecule has 0 fully saturated rings. The van der Waals surface area contributed by atoms with E-state index in [9.17, 15) is 14.2 Å². The predicted octanol–water partition coefficient (Wildman–Crippen LogP) is 2.59. The molecule has 9 nitrogen and oxygen atoms in total. The molecule has 0 aliphatic rings. The minimum atomic E-state index is -3.75. The summed E-state index contributed by atoms with van der Waals surface area (Å²) in [6, 6.07) is 0. The number of aliphatic carboxylic acids is 1. The average Bonchev–Trinajstić information content (AvgIpc) is 2.48. The van der Waals surface area contributed by atoms with E-state index >= 15 is 0 Å². The molecular weight excluding hydrogens is 339 g/mol. The van der Waals surface area contributed by atoms with Crippen molar-refractivity contribution in [2.45, 2.75) is 66.2 Å². The molecule has 0 radical (unpaired) electrons. The van der Waals surface area contributed by atoms with Gasteiger partial charge < -0.3 is 10.00 Å². The molecule has 0 aromatic rings. The highest BCUT2D eigenvalue weighted by atomic mass is 31.2. The predicted molar refractivity (Wildman–Crippen MR) is 92.1 cm³/mol. The number of nitrogens with two attached hydrogens (primary N) is 1. The molecule has 0 unspecified atom stereocenters. The minimum absolute atomic E-state index is 0.218. The summed E-state index contributed by atoms with van der Waals surface area (Å²) < 4.78 is 20.5. The molecule has 5 N–H and O–H groups in total. The van der Waals surface area contributed by atoms with Crippen LogP contribution in [0.3, 0.4) is 0 Å². The topological polar surface area (TPSA) is 148 Å². The van der Waals surface area contributed by atoms with Crippen molar-refractivity contribution < 1.29 is 33.2 Å². The van der Waals surface area contributed by atoms with Crippen LogP contribution in [-0.2, 0) is 23.2 Å². The molecule has 10 heteroatoms. The SMILES string of the molecule is CC(=O)NN.CCCC(=O)O.CCCCOP(=O)(O)OCCCC. The molecule has 0 saturated carbocycles. The maximum Gasteiger partial charge on any atom is 0.472 e. The monoisotopic (exact) mass is 372 g/mol. The first-order valence-electron chi connectivity index (χ1n) is 7.97. The van der Waals surface area contributed by atoms with Crippen LogP contribution in [0.4, 0.5) is 0 Å². The third-order valence-corrected chi connectivity index (χ3v) is 3.19. The summed E-state index contributed by atoms with van der Waals surface area (Å²) in [5.74, 6) is 3.64. The van der Waals surface area contributed by atoms with E-state index in [1.165, 1.54) is 6.92 Å². The highest BCUT2D eigenvalue weighted by Crippen LogP contribution is 2.43. The molecule has 0 heterocycles. The fourth-order valence-electron chi connectivity index (χ4n) is 0.900. The van der Waals surface area contributed by atoms with E-state index in [4.69, 9.17) is 19.0 Å². The van der Waals surface area contributed by atoms with Gasteiger partial charge in [-0.05, 0) is 19.3 Å². The highest BCUT2D eigenvalue weighted by Gasteiger charge is 2.19. The van der Waals surface area contributed by atoms with Gasteiger partial charge in [-0.3, -0.25) is 24.1 Å². The molecule has 0 aromatic carbocycles. The Morgan fingerprint density at radius 1 is 1.04 bits per heavy atom. The summed E-state index contributed by atoms with van der Waals surface area (Å²) in [5.41, 5.74) is 1.89. The first kappa shape index (κ1) is 27.8. The Morgan fingerprint density at radius 3 is 1.58 bits per heavy atom. The normalized spacial score (nSPS) is 9.92. The Morgan fingerprint density at radius 2 is 1.42 bits per heavy atom. The van der Waals surface area contributed by atoms with Gasteiger partial charge in [0.2, 0.25) is 5.91 Å². The molecule has 146 valence electrons. The second-order valence-corrected chi connectivity index (χ2v) is 6.14. The Kier molecular flexibility index (Phi) is 23.3. The Balaban J connectivity index is -0.000000332. The van der Waals surface area contributed by atoms with Gasteiger partial charge in [0.15, 0.2) is 0 Å². The third kappa shape index (κ3) is 32.8. The number of hydrogen-bond acceptors (Lipinski definition) is 6. The number of carbonyl (C=O) groups excluding carboxylic acids is 1. The molecule has 0 saturated heterocycles. The van der Waals surface area contributed by atoms with Crippen molar-refractivity contribution in [3.63, 3.8) is 0 Å². The van der Waals surface area contributed by atoms with E-state index in [1.54, 1.807) is 0 Å². The van der Waals surface area contributed by atoms with Crippen LogP contribution in [0.2, 0.25) is 0 Å². The van der Waals surface area contributed by atoms with Crippen LogP contribution in [0.25, 0.3) is 0 Å². The van der Waals surface area contributed by atoms with E-state index in [-0.39, 0.29) is 19.1 Å². The van der Waals surface area contributed by atoms with Gasteiger partial charge >= 0.3 is 13.8 Å². The van der Waals surface area contributed by atoms with Crippen molar-refractivity contribution in [3.05, 3.63) is 0 Å². The van der Waals surface area contributed by atoms with Crippen molar-refractivity contribution in [2.24, 2.45) is 5.84 Å². The van der Waals surface area contributed by atoms with Crippen LogP contribution in [-0.4, -0.2) is 35.1 Å². The summed E-state index contributed by atoms with van der Waals surface area (Å²) in [4.78, 5) is 28.3. The lowest BCUT2D eigenvalue weighted by molar-refractivity contribution is -0.137. The zero-order valence-electron chi connectivity index (χ0n) is 15.1. The van der Waals surface area contributed by atoms with Gasteiger partial charge in [0.25, 0.3) is 0 Å². The molecule has 0 aliphatic carbocycles. The fraction of sp³-hybridized carbons (Fsp3) is 0.857. The van der Waals surface area contributed by atoms with E-state index in [0.29, 0.717) is 6.42 Å². The number of hydrogen-bond donors (Lipinski definition) is 4. The van der Waals surface area contributed by atoms with Gasteiger partial charge in [-0.1, -0.05) is 33.6 Å². The van der Waals surface area contributed by atoms with Gasteiger partial charge in [-0.2, -0.15) is 0 Å². The van der Waals surface area contributed by atoms with Crippen molar-refractivity contribution >= 4 is 19.7 Å². The number of rotatable bonds is 10. The Bertz CT molecular complexity index is 340. The zero-order valence-corrected chi connectivity index (χ0v) is 16.0. The highest BCUT2D eigenvalue weighted by molar-refractivity contribution is 7.47. The van der Waals surface area contributed by atoms with Crippen LogP contribution in [0, 0.1) is 0 Å². The van der Waals surface area contributed by atoms with Crippen LogP contribution >= 0.6 is 7.82 Å². The van der Waals surface area contributed by atoms with Crippen molar-refractivity contribution in [1.82, 2.24) is 5.43 Å². The van der Waals surface area contributed by atoms with E-state index in [2.05, 4.69) is 5.84 Å². The van der Waals surface area contributed by atoms with Gasteiger partial charge in [0.05, 0.1) is 13.2 Å². The Hall–Kier alpha value is -0.990. The van der Waals surface area contributed by atoms with Crippen molar-refractivity contribution in [1.29, 1.82) is 0 Å². The lowest BCUT2D eigenvalue weighted by Crippen LogP contribution is -2.26. The van der Waals surface area contributed by atoms with Crippen LogP contribution in [0.1, 0.15) is 66.2 Å². The van der Waals surface area contributed by atoms with Gasteiger partial charge in [-0.15, -0.1) is 0 Å². The van der Waals surface area contributed by atoms with Crippen molar-refractivity contribution in [3.8, 4) is 0 Å². The number of nitrogens with one attached hydrogen (secondary N) is 1. The number of phosphoric acid groups is 1. The van der Waals surface area contributed by atoms with E-state index < -0.39 is 13.8 Å². The number of carbonyl (C=O) groups is 2. The number of hydrazine groups is 1. The van der Waals surface area contributed by atoms with Crippen molar-refractivity contribution in [2.75, 3.05) is 13.2 Å². The van der Waals surface area contributed by atoms with Crippen LogP contribution < -0.4 is 11.3 Å². The van der Waals surface area contributed by atoms with E-state index in [0.717, 1.165) is 32.1 Å². The standard InChI is InChI=1S/C8H19O4P.C4H8O2.C2H6N2O/c1-3-5-7-11-13(9,10)12-8-6-4-2;1-2-3-4(5)6;1-2(5)4-3/h3-8H2,1-2H3,(H,9,10);2-3H2,1H3,(H,5,6);3H2,1H3,(H,4,5). The quantitative estimate of drug-likeness (QED) is 0.150. The summed E-state index contributed by atoms with van der Waals surface area (Å²) >= 11 is 0. The molecule has 1 amide bonds. The minimum Gasteiger partial charge on any atom is -0.481 e. The van der Waals surface area contributed by atoms with Crippen LogP contribution in [0.5, 0.6) is 0 Å². The molecule has 0 aromatic heterocycles. The first-order valence-corrected chi connectivity index (χ1v) is 9.47. The number of unbranched alkanes of at least 4 members (excludes halogenated alkanes) is 2. The summed E-state index contributed by atoms with van der Waals surface area (Å²) in [5, 5.41) is 7.91. The van der Waals surface area contributed by atoms with Crippen LogP contribution in [0.15, 0.2) is 0 Å². The second-order valence-electron chi connectivity index (χ2n) is 4.69. The Labute approximate surface area is 144 Å². The second kappa shape index (κ2) is 20.1. The van der Waals surface area contributed by atoms with Gasteiger partial charge in [0.1, 0.15) is 0 Å². The lowest BCUT2D eigenvalue weighted by atomic mass is 10.4. The number of amides is 1. The molecule has 0 aliphatic heterocycles. The molecule has 24 heavy (non-hydrogen) atoms. The van der Waals surface area contributed by atoms with Gasteiger partial charge in [0, 0.05) is 13.3 Å². The smallest absolute Gasteiger partial charge is 0.472 e. The summed E-state index contributed by atoms with van der Waals surface area (Å²) in [6.07, 6.45) is 4.46. The zero-order chi connectivity index (χ0) is 19.4. The largest absolute Gasteiger partial charge is 0.481 e. The van der Waals surface area contributed by atoms with E-state index in [1.807, 2.05) is 26.2 Å². The number of carboxylic acids is 1.